The molecule has 0 saturated heterocycles. The van der Waals surface area contributed by atoms with Crippen molar-refractivity contribution in [2.75, 3.05) is 7.11 Å². The van der Waals surface area contributed by atoms with E-state index < -0.39 is 0 Å². The van der Waals surface area contributed by atoms with Gasteiger partial charge in [0.2, 0.25) is 0 Å². The molecular weight excluding hydrogens is 270 g/mol. The van der Waals surface area contributed by atoms with Crippen LogP contribution < -0.4 is 4.74 Å². The summed E-state index contributed by atoms with van der Waals surface area (Å²) in [5.74, 6) is 1.71. The quantitative estimate of drug-likeness (QED) is 0.856. The van der Waals surface area contributed by atoms with Gasteiger partial charge in [-0.1, -0.05) is 12.1 Å². The van der Waals surface area contributed by atoms with Gasteiger partial charge in [0.25, 0.3) is 0 Å². The lowest BCUT2D eigenvalue weighted by atomic mass is 10.1. The summed E-state index contributed by atoms with van der Waals surface area (Å²) in [6.07, 6.45) is 1.85. The average Bonchev–Trinajstić information content (AvgIpc) is 2.47. The van der Waals surface area contributed by atoms with E-state index in [1.807, 2.05) is 44.3 Å². The van der Waals surface area contributed by atoms with Gasteiger partial charge in [0.15, 0.2) is 0 Å². The van der Waals surface area contributed by atoms with Crippen molar-refractivity contribution >= 4 is 11.8 Å². The highest BCUT2D eigenvalue weighted by Gasteiger charge is 2.09. The number of hydrogen-bond acceptors (Lipinski definition) is 4. The highest BCUT2D eigenvalue weighted by atomic mass is 32.2. The molecule has 4 heteroatoms. The van der Waals surface area contributed by atoms with Crippen molar-refractivity contribution < 1.29 is 9.84 Å². The highest BCUT2D eigenvalue weighted by Crippen LogP contribution is 2.29. The Hall–Kier alpha value is -1.52. The molecule has 1 aromatic carbocycles. The number of aliphatic hydroxyl groups is 1. The zero-order valence-corrected chi connectivity index (χ0v) is 12.8. The fourth-order valence-electron chi connectivity index (χ4n) is 2.10. The van der Waals surface area contributed by atoms with Crippen LogP contribution >= 0.6 is 11.8 Å². The Kier molecular flexibility index (Phi) is 5.04. The van der Waals surface area contributed by atoms with E-state index in [1.54, 1.807) is 18.9 Å². The largest absolute Gasteiger partial charge is 0.496 e. The number of hydrogen-bond donors (Lipinski definition) is 1. The summed E-state index contributed by atoms with van der Waals surface area (Å²) in [4.78, 5) is 5.63. The highest BCUT2D eigenvalue weighted by molar-refractivity contribution is 7.98. The second kappa shape index (κ2) is 6.77. The second-order valence-electron chi connectivity index (χ2n) is 4.64. The number of aryl methyl sites for hydroxylation is 1. The van der Waals surface area contributed by atoms with Gasteiger partial charge >= 0.3 is 0 Å². The molecule has 106 valence electrons. The van der Waals surface area contributed by atoms with Crippen LogP contribution in [0.15, 0.2) is 35.4 Å². The smallest absolute Gasteiger partial charge is 0.128 e. The summed E-state index contributed by atoms with van der Waals surface area (Å²) in [5.41, 5.74) is 4.12. The molecule has 0 saturated carbocycles. The maximum absolute atomic E-state index is 9.15. The van der Waals surface area contributed by atoms with Gasteiger partial charge in [-0.25, -0.2) is 0 Å². The number of aromatic nitrogens is 1. The summed E-state index contributed by atoms with van der Waals surface area (Å²) < 4.78 is 5.42. The molecule has 0 spiro atoms. The summed E-state index contributed by atoms with van der Waals surface area (Å²) >= 11 is 1.71. The molecule has 2 rings (SSSR count). The monoisotopic (exact) mass is 289 g/mol. The van der Waals surface area contributed by atoms with Crippen molar-refractivity contribution in [2.45, 2.75) is 31.1 Å². The van der Waals surface area contributed by atoms with Gasteiger partial charge < -0.3 is 9.84 Å². The molecule has 0 atom stereocenters. The number of aliphatic hydroxyl groups excluding tert-OH is 1. The van der Waals surface area contributed by atoms with E-state index in [9.17, 15) is 0 Å². The predicted molar refractivity (Wildman–Crippen MR) is 82.2 cm³/mol. The van der Waals surface area contributed by atoms with Gasteiger partial charge in [-0.15, -0.1) is 11.8 Å². The van der Waals surface area contributed by atoms with Crippen LogP contribution in [0.1, 0.15) is 22.4 Å². The first-order valence-electron chi connectivity index (χ1n) is 6.47. The van der Waals surface area contributed by atoms with Crippen LogP contribution in [-0.4, -0.2) is 17.2 Å². The van der Waals surface area contributed by atoms with Crippen LogP contribution in [0.5, 0.6) is 5.75 Å². The van der Waals surface area contributed by atoms with Crippen LogP contribution in [-0.2, 0) is 12.4 Å². The normalized spacial score (nSPS) is 10.6. The fraction of sp³-hybridized carbons (Fsp3) is 0.312. The third-order valence-corrected chi connectivity index (χ3v) is 4.21. The van der Waals surface area contributed by atoms with Crippen LogP contribution in [0.25, 0.3) is 0 Å². The van der Waals surface area contributed by atoms with Gasteiger partial charge in [0, 0.05) is 28.0 Å². The van der Waals surface area contributed by atoms with E-state index in [2.05, 4.69) is 4.98 Å². The third-order valence-electron chi connectivity index (χ3n) is 3.21. The van der Waals surface area contributed by atoms with Crippen LogP contribution in [0, 0.1) is 13.8 Å². The van der Waals surface area contributed by atoms with E-state index >= 15 is 0 Å². The number of pyridine rings is 1. The molecule has 0 unspecified atom stereocenters. The maximum atomic E-state index is 9.15. The summed E-state index contributed by atoms with van der Waals surface area (Å²) in [6, 6.07) is 7.93. The average molecular weight is 289 g/mol. The SMILES string of the molecule is COc1c(C)cnc(CSc2cccc(CO)c2)c1C. The Morgan fingerprint density at radius 3 is 2.80 bits per heavy atom. The molecule has 0 fully saturated rings. The lowest BCUT2D eigenvalue weighted by molar-refractivity contribution is 0.281. The number of ether oxygens (including phenoxy) is 1. The molecule has 0 aliphatic rings. The number of methoxy groups -OCH3 is 1. The number of rotatable bonds is 5. The molecule has 2 aromatic rings. The Balaban J connectivity index is 2.14. The molecule has 1 N–H and O–H groups in total. The predicted octanol–water partition coefficient (Wildman–Crippen LogP) is 3.49. The maximum Gasteiger partial charge on any atom is 0.128 e. The van der Waals surface area contributed by atoms with E-state index in [0.717, 1.165) is 38.8 Å². The van der Waals surface area contributed by atoms with E-state index in [4.69, 9.17) is 9.84 Å². The first-order chi connectivity index (χ1) is 9.65. The summed E-state index contributed by atoms with van der Waals surface area (Å²) in [5, 5.41) is 9.15. The minimum absolute atomic E-state index is 0.0734. The van der Waals surface area contributed by atoms with Crippen molar-refractivity contribution in [3.8, 4) is 5.75 Å². The van der Waals surface area contributed by atoms with E-state index in [-0.39, 0.29) is 6.61 Å². The lowest BCUT2D eigenvalue weighted by Gasteiger charge is -2.12. The number of benzene rings is 1. The molecule has 0 amide bonds. The van der Waals surface area contributed by atoms with Gasteiger partial charge in [0.05, 0.1) is 19.4 Å². The lowest BCUT2D eigenvalue weighted by Crippen LogP contribution is -1.98. The minimum atomic E-state index is 0.0734. The van der Waals surface area contributed by atoms with Crippen LogP contribution in [0.3, 0.4) is 0 Å². The topological polar surface area (TPSA) is 42.4 Å². The Morgan fingerprint density at radius 1 is 1.30 bits per heavy atom. The van der Waals surface area contributed by atoms with E-state index in [1.165, 1.54) is 0 Å². The first-order valence-corrected chi connectivity index (χ1v) is 7.46. The minimum Gasteiger partial charge on any atom is -0.496 e. The Bertz CT molecular complexity index is 599. The van der Waals surface area contributed by atoms with Gasteiger partial charge in [-0.3, -0.25) is 4.98 Å². The van der Waals surface area contributed by atoms with Crippen molar-refractivity contribution in [1.82, 2.24) is 4.98 Å². The number of thioether (sulfide) groups is 1. The third kappa shape index (κ3) is 3.32. The van der Waals surface area contributed by atoms with Gasteiger partial charge in [0.1, 0.15) is 5.75 Å². The molecule has 0 aliphatic carbocycles. The summed E-state index contributed by atoms with van der Waals surface area (Å²) in [6.45, 7) is 4.11. The zero-order valence-electron chi connectivity index (χ0n) is 12.0. The Morgan fingerprint density at radius 2 is 2.10 bits per heavy atom. The van der Waals surface area contributed by atoms with Crippen molar-refractivity contribution in [1.29, 1.82) is 0 Å². The second-order valence-corrected chi connectivity index (χ2v) is 5.69. The first kappa shape index (κ1) is 14.9. The molecule has 0 radical (unpaired) electrons. The van der Waals surface area contributed by atoms with Crippen LogP contribution in [0.2, 0.25) is 0 Å². The van der Waals surface area contributed by atoms with E-state index in [0.29, 0.717) is 0 Å². The van der Waals surface area contributed by atoms with Crippen molar-refractivity contribution in [3.05, 3.63) is 52.8 Å². The molecule has 0 aliphatic heterocycles. The van der Waals surface area contributed by atoms with Gasteiger partial charge in [-0.2, -0.15) is 0 Å². The fourth-order valence-corrected chi connectivity index (χ4v) is 3.11. The number of nitrogens with zero attached hydrogens (tertiary/aromatic N) is 1. The molecule has 0 bridgehead atoms. The van der Waals surface area contributed by atoms with Gasteiger partial charge in [-0.05, 0) is 31.5 Å². The van der Waals surface area contributed by atoms with Crippen LogP contribution in [0.4, 0.5) is 0 Å². The molecule has 20 heavy (non-hydrogen) atoms. The molecular formula is C16H19NO2S. The zero-order chi connectivity index (χ0) is 14.5. The Labute approximate surface area is 124 Å². The summed E-state index contributed by atoms with van der Waals surface area (Å²) in [7, 11) is 1.69. The van der Waals surface area contributed by atoms with Crippen molar-refractivity contribution in [3.63, 3.8) is 0 Å². The molecule has 1 aromatic heterocycles. The van der Waals surface area contributed by atoms with Crippen molar-refractivity contribution in [2.24, 2.45) is 0 Å². The standard InChI is InChI=1S/C16H19NO2S/c1-11-8-17-15(12(2)16(11)19-3)10-20-14-6-4-5-13(7-14)9-18/h4-8,18H,9-10H2,1-3H3. The molecule has 1 heterocycles. The molecule has 3 nitrogen and oxygen atoms in total.